The van der Waals surface area contributed by atoms with Gasteiger partial charge in [-0.3, -0.25) is 9.59 Å². The molecule has 0 aliphatic heterocycles. The summed E-state index contributed by atoms with van der Waals surface area (Å²) in [5, 5.41) is 2.91. The molecule has 0 fully saturated rings. The van der Waals surface area contributed by atoms with Crippen molar-refractivity contribution in [2.24, 2.45) is 0 Å². The molecule has 5 heteroatoms. The Balaban J connectivity index is 2.14. The molecule has 2 amide bonds. The lowest BCUT2D eigenvalue weighted by atomic mass is 10.1. The Hall–Kier alpha value is -2.66. The molecular formula is C21H26N2O3. The van der Waals surface area contributed by atoms with Gasteiger partial charge in [0.2, 0.25) is 5.91 Å². The number of amides is 2. The van der Waals surface area contributed by atoms with Crippen LogP contribution in [-0.4, -0.2) is 43.5 Å². The van der Waals surface area contributed by atoms with E-state index in [9.17, 15) is 9.59 Å². The normalized spacial score (nSPS) is 10.5. The van der Waals surface area contributed by atoms with Crippen LogP contribution in [-0.2, 0) is 9.53 Å². The van der Waals surface area contributed by atoms with E-state index in [1.54, 1.807) is 13.2 Å². The van der Waals surface area contributed by atoms with Crippen LogP contribution in [0.3, 0.4) is 0 Å². The van der Waals surface area contributed by atoms with Crippen molar-refractivity contribution in [1.29, 1.82) is 0 Å². The molecule has 1 N–H and O–H groups in total. The zero-order chi connectivity index (χ0) is 19.1. The number of carbonyl (C=O) groups excluding carboxylic acids is 2. The van der Waals surface area contributed by atoms with Gasteiger partial charge in [0.05, 0.1) is 6.61 Å². The van der Waals surface area contributed by atoms with Gasteiger partial charge in [0.1, 0.15) is 6.54 Å². The zero-order valence-electron chi connectivity index (χ0n) is 15.8. The molecule has 5 nitrogen and oxygen atoms in total. The maximum Gasteiger partial charge on any atom is 0.254 e. The summed E-state index contributed by atoms with van der Waals surface area (Å²) in [6, 6.07) is 13.1. The maximum atomic E-state index is 12.9. The van der Waals surface area contributed by atoms with Gasteiger partial charge in [0.15, 0.2) is 0 Å². The van der Waals surface area contributed by atoms with E-state index >= 15 is 0 Å². The van der Waals surface area contributed by atoms with Crippen LogP contribution in [0.5, 0.6) is 0 Å². The number of aryl methyl sites for hydroxylation is 2. The van der Waals surface area contributed by atoms with Gasteiger partial charge in [-0.2, -0.15) is 0 Å². The van der Waals surface area contributed by atoms with E-state index in [4.69, 9.17) is 4.74 Å². The molecule has 138 valence electrons. The van der Waals surface area contributed by atoms with Crippen LogP contribution < -0.4 is 5.32 Å². The molecule has 2 aromatic rings. The van der Waals surface area contributed by atoms with Crippen LogP contribution in [0, 0.1) is 20.8 Å². The lowest BCUT2D eigenvalue weighted by Crippen LogP contribution is -2.40. The molecule has 0 atom stereocenters. The summed E-state index contributed by atoms with van der Waals surface area (Å²) in [4.78, 5) is 26.9. The molecule has 0 bridgehead atoms. The highest BCUT2D eigenvalue weighted by Crippen LogP contribution is 2.18. The maximum absolute atomic E-state index is 12.9. The van der Waals surface area contributed by atoms with Crippen molar-refractivity contribution in [3.05, 3.63) is 64.7 Å². The van der Waals surface area contributed by atoms with E-state index in [1.807, 2.05) is 57.2 Å². The molecule has 0 aliphatic rings. The molecule has 0 saturated heterocycles. The van der Waals surface area contributed by atoms with Crippen LogP contribution in [0.2, 0.25) is 0 Å². The first-order valence-corrected chi connectivity index (χ1v) is 8.64. The number of rotatable bonds is 7. The van der Waals surface area contributed by atoms with Crippen molar-refractivity contribution in [1.82, 2.24) is 4.90 Å². The molecular weight excluding hydrogens is 328 g/mol. The molecule has 2 rings (SSSR count). The van der Waals surface area contributed by atoms with Crippen LogP contribution >= 0.6 is 0 Å². The Morgan fingerprint density at radius 1 is 1.00 bits per heavy atom. The van der Waals surface area contributed by atoms with Crippen molar-refractivity contribution >= 4 is 17.5 Å². The highest BCUT2D eigenvalue weighted by molar-refractivity contribution is 6.00. The van der Waals surface area contributed by atoms with Gasteiger partial charge in [0.25, 0.3) is 5.91 Å². The number of hydrogen-bond donors (Lipinski definition) is 1. The summed E-state index contributed by atoms with van der Waals surface area (Å²) < 4.78 is 5.10. The fraction of sp³-hybridized carbons (Fsp3) is 0.333. The summed E-state index contributed by atoms with van der Waals surface area (Å²) in [7, 11) is 1.58. The number of ether oxygens (including phenoxy) is 1. The number of methoxy groups -OCH3 is 1. The Labute approximate surface area is 155 Å². The second kappa shape index (κ2) is 9.15. The van der Waals surface area contributed by atoms with E-state index in [0.29, 0.717) is 18.7 Å². The predicted molar refractivity (Wildman–Crippen MR) is 104 cm³/mol. The minimum atomic E-state index is -0.225. The molecule has 0 saturated carbocycles. The van der Waals surface area contributed by atoms with Crippen LogP contribution in [0.15, 0.2) is 42.5 Å². The lowest BCUT2D eigenvalue weighted by molar-refractivity contribution is -0.117. The molecule has 0 aliphatic carbocycles. The predicted octanol–water partition coefficient (Wildman–Crippen LogP) is 3.34. The summed E-state index contributed by atoms with van der Waals surface area (Å²) in [6.45, 7) is 6.55. The van der Waals surface area contributed by atoms with E-state index in [1.165, 1.54) is 4.90 Å². The summed E-state index contributed by atoms with van der Waals surface area (Å²) in [5.74, 6) is -0.395. The molecule has 26 heavy (non-hydrogen) atoms. The van der Waals surface area contributed by atoms with Gasteiger partial charge >= 0.3 is 0 Å². The molecule has 0 unspecified atom stereocenters. The van der Waals surface area contributed by atoms with Crippen molar-refractivity contribution in [2.45, 2.75) is 20.8 Å². The molecule has 0 heterocycles. The van der Waals surface area contributed by atoms with Crippen molar-refractivity contribution < 1.29 is 14.3 Å². The smallest absolute Gasteiger partial charge is 0.254 e. The van der Waals surface area contributed by atoms with Crippen molar-refractivity contribution in [3.8, 4) is 0 Å². The highest BCUT2D eigenvalue weighted by Gasteiger charge is 2.20. The van der Waals surface area contributed by atoms with Crippen LogP contribution in [0.25, 0.3) is 0 Å². The summed E-state index contributed by atoms with van der Waals surface area (Å²) in [5.41, 5.74) is 4.38. The number of benzene rings is 2. The van der Waals surface area contributed by atoms with E-state index < -0.39 is 0 Å². The first kappa shape index (κ1) is 19.7. The zero-order valence-corrected chi connectivity index (χ0v) is 15.8. The quantitative estimate of drug-likeness (QED) is 0.830. The summed E-state index contributed by atoms with van der Waals surface area (Å²) in [6.07, 6.45) is 0. The monoisotopic (exact) mass is 354 g/mol. The average molecular weight is 354 g/mol. The second-order valence-corrected chi connectivity index (χ2v) is 6.33. The van der Waals surface area contributed by atoms with Crippen LogP contribution in [0.4, 0.5) is 5.69 Å². The Morgan fingerprint density at radius 2 is 1.69 bits per heavy atom. The SMILES string of the molecule is COCCN(CC(=O)Nc1cccc(C)c1C)C(=O)c1ccccc1C. The number of nitrogens with one attached hydrogen (secondary N) is 1. The lowest BCUT2D eigenvalue weighted by Gasteiger charge is -2.23. The fourth-order valence-electron chi connectivity index (χ4n) is 2.69. The number of nitrogens with zero attached hydrogens (tertiary/aromatic N) is 1. The third kappa shape index (κ3) is 4.92. The Morgan fingerprint density at radius 3 is 2.38 bits per heavy atom. The summed E-state index contributed by atoms with van der Waals surface area (Å²) >= 11 is 0. The van der Waals surface area contributed by atoms with Crippen molar-refractivity contribution in [3.63, 3.8) is 0 Å². The molecule has 0 spiro atoms. The largest absolute Gasteiger partial charge is 0.383 e. The van der Waals surface area contributed by atoms with Gasteiger partial charge < -0.3 is 15.0 Å². The van der Waals surface area contributed by atoms with Gasteiger partial charge in [0, 0.05) is 24.9 Å². The standard InChI is InChI=1S/C21H26N2O3/c1-15-9-7-11-19(17(15)3)22-20(24)14-23(12-13-26-4)21(25)18-10-6-5-8-16(18)2/h5-11H,12-14H2,1-4H3,(H,22,24). The van der Waals surface area contributed by atoms with Gasteiger partial charge in [-0.25, -0.2) is 0 Å². The third-order valence-corrected chi connectivity index (χ3v) is 4.44. The van der Waals surface area contributed by atoms with Gasteiger partial charge in [-0.1, -0.05) is 30.3 Å². The van der Waals surface area contributed by atoms with E-state index in [0.717, 1.165) is 22.4 Å². The van der Waals surface area contributed by atoms with Crippen LogP contribution in [0.1, 0.15) is 27.0 Å². The fourth-order valence-corrected chi connectivity index (χ4v) is 2.69. The minimum Gasteiger partial charge on any atom is -0.383 e. The first-order chi connectivity index (χ1) is 12.4. The highest BCUT2D eigenvalue weighted by atomic mass is 16.5. The van der Waals surface area contributed by atoms with Gasteiger partial charge in [-0.15, -0.1) is 0 Å². The number of anilines is 1. The molecule has 0 aromatic heterocycles. The van der Waals surface area contributed by atoms with Crippen molar-refractivity contribution in [2.75, 3.05) is 32.1 Å². The average Bonchev–Trinajstić information content (AvgIpc) is 2.62. The molecule has 0 radical (unpaired) electrons. The topological polar surface area (TPSA) is 58.6 Å². The number of carbonyl (C=O) groups is 2. The van der Waals surface area contributed by atoms with E-state index in [-0.39, 0.29) is 18.4 Å². The minimum absolute atomic E-state index is 0.0239. The van der Waals surface area contributed by atoms with E-state index in [2.05, 4.69) is 5.32 Å². The molecule has 2 aromatic carbocycles. The third-order valence-electron chi connectivity index (χ3n) is 4.44. The van der Waals surface area contributed by atoms with Gasteiger partial charge in [-0.05, 0) is 49.6 Å². The number of hydrogen-bond acceptors (Lipinski definition) is 3. The second-order valence-electron chi connectivity index (χ2n) is 6.33. The first-order valence-electron chi connectivity index (χ1n) is 8.64. The Bertz CT molecular complexity index is 787. The Kier molecular flexibility index (Phi) is 6.92.